The number of ether oxygens (including phenoxy) is 1. The van der Waals surface area contributed by atoms with Crippen molar-refractivity contribution in [1.82, 2.24) is 15.0 Å². The number of carbonyl (C=O) groups is 2. The molecule has 1 amide bonds. The third-order valence-corrected chi connectivity index (χ3v) is 5.61. The van der Waals surface area contributed by atoms with Crippen LogP contribution in [0.5, 0.6) is 0 Å². The summed E-state index contributed by atoms with van der Waals surface area (Å²) in [6, 6.07) is 5.17. The van der Waals surface area contributed by atoms with Gasteiger partial charge < -0.3 is 14.2 Å². The van der Waals surface area contributed by atoms with Gasteiger partial charge in [-0.1, -0.05) is 30.8 Å². The fraction of sp³-hybridized carbons (Fsp3) is 0.500. The summed E-state index contributed by atoms with van der Waals surface area (Å²) in [4.78, 5) is 31.0. The van der Waals surface area contributed by atoms with Gasteiger partial charge in [-0.2, -0.15) is 0 Å². The van der Waals surface area contributed by atoms with E-state index in [1.54, 1.807) is 23.2 Å². The number of likely N-dealkylation sites (tertiary alicyclic amines) is 1. The van der Waals surface area contributed by atoms with Crippen LogP contribution in [-0.4, -0.2) is 46.6 Å². The minimum absolute atomic E-state index is 0.150. The van der Waals surface area contributed by atoms with E-state index in [0.29, 0.717) is 41.3 Å². The summed E-state index contributed by atoms with van der Waals surface area (Å²) in [6.07, 6.45) is 2.74. The van der Waals surface area contributed by atoms with Gasteiger partial charge in [-0.15, -0.1) is 0 Å². The summed E-state index contributed by atoms with van der Waals surface area (Å²) in [5, 5.41) is 4.48. The molecule has 7 nitrogen and oxygen atoms in total. The summed E-state index contributed by atoms with van der Waals surface area (Å²) in [5.41, 5.74) is 1.12. The SMILES string of the molecule is Cc1cc(CSc2ncccc2C(=O)OCC(=O)N2C[C@H](C)C[C@@H](C)C2)no1. The Labute approximate surface area is 168 Å². The van der Waals surface area contributed by atoms with Crippen molar-refractivity contribution in [3.8, 4) is 0 Å². The topological polar surface area (TPSA) is 85.5 Å². The maximum atomic E-state index is 12.5. The number of rotatable bonds is 6. The van der Waals surface area contributed by atoms with Gasteiger partial charge in [0, 0.05) is 31.1 Å². The van der Waals surface area contributed by atoms with Crippen LogP contribution in [0.1, 0.15) is 42.1 Å². The minimum atomic E-state index is -0.543. The van der Waals surface area contributed by atoms with E-state index in [-0.39, 0.29) is 12.5 Å². The van der Waals surface area contributed by atoms with Gasteiger partial charge in [0.1, 0.15) is 10.8 Å². The molecule has 0 spiro atoms. The molecule has 0 unspecified atom stereocenters. The predicted octanol–water partition coefficient (Wildman–Crippen LogP) is 3.33. The molecule has 0 aliphatic carbocycles. The van der Waals surface area contributed by atoms with Gasteiger partial charge in [-0.25, -0.2) is 9.78 Å². The van der Waals surface area contributed by atoms with Crippen molar-refractivity contribution < 1.29 is 18.8 Å². The number of thioether (sulfide) groups is 1. The lowest BCUT2D eigenvalue weighted by Crippen LogP contribution is -2.44. The molecular formula is C20H25N3O4S. The van der Waals surface area contributed by atoms with Crippen LogP contribution in [0.3, 0.4) is 0 Å². The van der Waals surface area contributed by atoms with E-state index < -0.39 is 5.97 Å². The van der Waals surface area contributed by atoms with Crippen molar-refractivity contribution >= 4 is 23.6 Å². The fourth-order valence-corrected chi connectivity index (χ4v) is 4.32. The van der Waals surface area contributed by atoms with Crippen LogP contribution in [0.4, 0.5) is 0 Å². The largest absolute Gasteiger partial charge is 0.452 e. The molecule has 0 N–H and O–H groups in total. The molecular weight excluding hydrogens is 378 g/mol. The summed E-state index contributed by atoms with van der Waals surface area (Å²) < 4.78 is 10.3. The zero-order valence-corrected chi connectivity index (χ0v) is 17.2. The molecule has 28 heavy (non-hydrogen) atoms. The Hall–Kier alpha value is -2.35. The number of carbonyl (C=O) groups excluding carboxylic acids is 2. The van der Waals surface area contributed by atoms with Gasteiger partial charge in [0.15, 0.2) is 6.61 Å². The second kappa shape index (κ2) is 9.23. The number of nitrogens with zero attached hydrogens (tertiary/aromatic N) is 3. The number of pyridine rings is 1. The highest BCUT2D eigenvalue weighted by molar-refractivity contribution is 7.98. The number of hydrogen-bond acceptors (Lipinski definition) is 7. The zero-order valence-electron chi connectivity index (χ0n) is 16.4. The second-order valence-corrected chi connectivity index (χ2v) is 8.36. The minimum Gasteiger partial charge on any atom is -0.452 e. The Balaban J connectivity index is 1.57. The number of aromatic nitrogens is 2. The molecule has 0 radical (unpaired) electrons. The monoisotopic (exact) mass is 403 g/mol. The Morgan fingerprint density at radius 1 is 1.32 bits per heavy atom. The standard InChI is InChI=1S/C20H25N3O4S/c1-13-7-14(2)10-23(9-13)18(24)11-26-20(25)17-5-4-6-21-19(17)28-12-16-8-15(3)27-22-16/h4-6,8,13-14H,7,9-12H2,1-3H3/t13-,14-/m1/s1. The average Bonchev–Trinajstić information content (AvgIpc) is 3.09. The van der Waals surface area contributed by atoms with Crippen molar-refractivity contribution in [3.05, 3.63) is 41.4 Å². The van der Waals surface area contributed by atoms with E-state index in [2.05, 4.69) is 24.0 Å². The quantitative estimate of drug-likeness (QED) is 0.540. The van der Waals surface area contributed by atoms with Gasteiger partial charge in [-0.05, 0) is 37.3 Å². The van der Waals surface area contributed by atoms with Crippen LogP contribution in [0.15, 0.2) is 33.9 Å². The maximum absolute atomic E-state index is 12.5. The van der Waals surface area contributed by atoms with Crippen LogP contribution < -0.4 is 0 Å². The van der Waals surface area contributed by atoms with E-state index in [9.17, 15) is 9.59 Å². The van der Waals surface area contributed by atoms with Crippen LogP contribution in [0.25, 0.3) is 0 Å². The summed E-state index contributed by atoms with van der Waals surface area (Å²) in [6.45, 7) is 7.28. The molecule has 2 aromatic rings. The highest BCUT2D eigenvalue weighted by atomic mass is 32.2. The summed E-state index contributed by atoms with van der Waals surface area (Å²) in [5.74, 6) is 1.49. The molecule has 1 aliphatic rings. The number of aryl methyl sites for hydroxylation is 1. The molecule has 0 saturated carbocycles. The highest BCUT2D eigenvalue weighted by Gasteiger charge is 2.26. The summed E-state index contributed by atoms with van der Waals surface area (Å²) >= 11 is 1.37. The third-order valence-electron chi connectivity index (χ3n) is 4.57. The van der Waals surface area contributed by atoms with Crippen molar-refractivity contribution in [3.63, 3.8) is 0 Å². The first kappa shape index (κ1) is 20.4. The lowest BCUT2D eigenvalue weighted by atomic mass is 9.92. The fourth-order valence-electron chi connectivity index (χ4n) is 3.45. The first-order valence-electron chi connectivity index (χ1n) is 9.37. The van der Waals surface area contributed by atoms with Gasteiger partial charge in [0.2, 0.25) is 0 Å². The van der Waals surface area contributed by atoms with Crippen molar-refractivity contribution in [2.45, 2.75) is 38.0 Å². The normalized spacial score (nSPS) is 19.5. The Morgan fingerprint density at radius 2 is 2.07 bits per heavy atom. The molecule has 2 atom stereocenters. The van der Waals surface area contributed by atoms with E-state index in [4.69, 9.17) is 9.26 Å². The molecule has 150 valence electrons. The van der Waals surface area contributed by atoms with Gasteiger partial charge in [-0.3, -0.25) is 4.79 Å². The molecule has 0 aromatic carbocycles. The number of piperidine rings is 1. The van der Waals surface area contributed by atoms with E-state index in [1.807, 2.05) is 13.0 Å². The third kappa shape index (κ3) is 5.34. The molecule has 8 heteroatoms. The van der Waals surface area contributed by atoms with Crippen molar-refractivity contribution in [1.29, 1.82) is 0 Å². The lowest BCUT2D eigenvalue weighted by Gasteiger charge is -2.34. The molecule has 2 aromatic heterocycles. The van der Waals surface area contributed by atoms with Gasteiger partial charge in [0.25, 0.3) is 5.91 Å². The Morgan fingerprint density at radius 3 is 2.75 bits per heavy atom. The lowest BCUT2D eigenvalue weighted by molar-refractivity contribution is -0.137. The first-order valence-corrected chi connectivity index (χ1v) is 10.4. The maximum Gasteiger partial charge on any atom is 0.341 e. The molecule has 1 fully saturated rings. The smallest absolute Gasteiger partial charge is 0.341 e. The predicted molar refractivity (Wildman–Crippen MR) is 105 cm³/mol. The van der Waals surface area contributed by atoms with Crippen LogP contribution in [0, 0.1) is 18.8 Å². The number of hydrogen-bond donors (Lipinski definition) is 0. The van der Waals surface area contributed by atoms with E-state index in [1.165, 1.54) is 11.8 Å². The molecule has 3 rings (SSSR count). The number of esters is 1. The highest BCUT2D eigenvalue weighted by Crippen LogP contribution is 2.25. The molecule has 3 heterocycles. The van der Waals surface area contributed by atoms with Crippen LogP contribution >= 0.6 is 11.8 Å². The van der Waals surface area contributed by atoms with Crippen molar-refractivity contribution in [2.24, 2.45) is 11.8 Å². The molecule has 1 saturated heterocycles. The zero-order chi connectivity index (χ0) is 20.1. The first-order chi connectivity index (χ1) is 13.4. The second-order valence-electron chi connectivity index (χ2n) is 7.39. The van der Waals surface area contributed by atoms with Crippen molar-refractivity contribution in [2.75, 3.05) is 19.7 Å². The Kier molecular flexibility index (Phi) is 6.72. The van der Waals surface area contributed by atoms with E-state index in [0.717, 1.165) is 17.9 Å². The summed E-state index contributed by atoms with van der Waals surface area (Å²) in [7, 11) is 0. The Bertz CT molecular complexity index is 828. The van der Waals surface area contributed by atoms with Gasteiger partial charge >= 0.3 is 5.97 Å². The van der Waals surface area contributed by atoms with E-state index >= 15 is 0 Å². The van der Waals surface area contributed by atoms with Crippen LogP contribution in [0.2, 0.25) is 0 Å². The average molecular weight is 404 g/mol. The number of amides is 1. The van der Waals surface area contributed by atoms with Crippen LogP contribution in [-0.2, 0) is 15.3 Å². The van der Waals surface area contributed by atoms with Gasteiger partial charge in [0.05, 0.1) is 11.3 Å². The molecule has 1 aliphatic heterocycles. The molecule has 0 bridgehead atoms.